The molecule has 0 saturated carbocycles. The van der Waals surface area contributed by atoms with E-state index in [4.69, 9.17) is 0 Å². The van der Waals surface area contributed by atoms with Gasteiger partial charge in [-0.1, -0.05) is 18.2 Å². The standard InChI is InChI=1S/C21H21FN4OS/c22-17-8-6-16(7-9-17)19-15-28-20(24-19)14-25-10-12-26(13-11-25)21(27)23-18-4-2-1-3-5-18/h1-9,15H,10-14H2,(H,23,27). The van der Waals surface area contributed by atoms with E-state index in [2.05, 4.69) is 15.2 Å². The number of amides is 2. The van der Waals surface area contributed by atoms with Crippen LogP contribution in [0.3, 0.4) is 0 Å². The molecule has 0 radical (unpaired) electrons. The van der Waals surface area contributed by atoms with Crippen molar-refractivity contribution in [2.24, 2.45) is 0 Å². The van der Waals surface area contributed by atoms with Crippen molar-refractivity contribution in [2.45, 2.75) is 6.54 Å². The minimum atomic E-state index is -0.242. The fraction of sp³-hybridized carbons (Fsp3) is 0.238. The number of nitrogens with zero attached hydrogens (tertiary/aromatic N) is 3. The normalized spacial score (nSPS) is 14.8. The molecule has 1 aliphatic heterocycles. The Morgan fingerprint density at radius 3 is 2.46 bits per heavy atom. The van der Waals surface area contributed by atoms with E-state index >= 15 is 0 Å². The van der Waals surface area contributed by atoms with Gasteiger partial charge in [-0.25, -0.2) is 14.2 Å². The number of thiazole rings is 1. The lowest BCUT2D eigenvalue weighted by Gasteiger charge is -2.34. The van der Waals surface area contributed by atoms with E-state index in [1.165, 1.54) is 12.1 Å². The summed E-state index contributed by atoms with van der Waals surface area (Å²) in [5.74, 6) is -0.242. The van der Waals surface area contributed by atoms with Crippen LogP contribution < -0.4 is 5.32 Å². The van der Waals surface area contributed by atoms with Crippen LogP contribution in [0.5, 0.6) is 0 Å². The van der Waals surface area contributed by atoms with E-state index in [9.17, 15) is 9.18 Å². The molecule has 5 nitrogen and oxygen atoms in total. The van der Waals surface area contributed by atoms with Crippen molar-refractivity contribution < 1.29 is 9.18 Å². The van der Waals surface area contributed by atoms with E-state index < -0.39 is 0 Å². The van der Waals surface area contributed by atoms with Gasteiger partial charge < -0.3 is 10.2 Å². The Balaban J connectivity index is 1.29. The number of piperazine rings is 1. The van der Waals surface area contributed by atoms with Crippen molar-refractivity contribution in [3.8, 4) is 11.3 Å². The van der Waals surface area contributed by atoms with Crippen molar-refractivity contribution in [1.29, 1.82) is 0 Å². The average Bonchev–Trinajstić information content (AvgIpc) is 3.18. The number of urea groups is 1. The molecule has 0 bridgehead atoms. The van der Waals surface area contributed by atoms with Gasteiger partial charge in [-0.3, -0.25) is 4.90 Å². The van der Waals surface area contributed by atoms with Gasteiger partial charge in [-0.05, 0) is 36.4 Å². The van der Waals surface area contributed by atoms with Gasteiger partial charge in [0.2, 0.25) is 0 Å². The summed E-state index contributed by atoms with van der Waals surface area (Å²) < 4.78 is 13.1. The molecule has 1 N–H and O–H groups in total. The topological polar surface area (TPSA) is 48.5 Å². The van der Waals surface area contributed by atoms with E-state index in [0.717, 1.165) is 41.6 Å². The number of hydrogen-bond donors (Lipinski definition) is 1. The summed E-state index contributed by atoms with van der Waals surface area (Å²) in [5, 5.41) is 5.97. The van der Waals surface area contributed by atoms with E-state index in [0.29, 0.717) is 13.1 Å². The molecular formula is C21H21FN4OS. The molecule has 0 unspecified atom stereocenters. The van der Waals surface area contributed by atoms with Crippen molar-refractivity contribution >= 4 is 23.1 Å². The van der Waals surface area contributed by atoms with Crippen LogP contribution >= 0.6 is 11.3 Å². The predicted octanol–water partition coefficient (Wildman–Crippen LogP) is 4.30. The Hall–Kier alpha value is -2.77. The molecule has 2 aromatic carbocycles. The molecule has 144 valence electrons. The maximum atomic E-state index is 13.1. The molecule has 0 aliphatic carbocycles. The summed E-state index contributed by atoms with van der Waals surface area (Å²) in [6, 6.07) is 15.8. The number of rotatable bonds is 4. The maximum absolute atomic E-state index is 13.1. The lowest BCUT2D eigenvalue weighted by atomic mass is 10.2. The number of carbonyl (C=O) groups excluding carboxylic acids is 1. The summed E-state index contributed by atoms with van der Waals surface area (Å²) in [7, 11) is 0. The summed E-state index contributed by atoms with van der Waals surface area (Å²) in [4.78, 5) is 21.2. The number of nitrogens with one attached hydrogen (secondary N) is 1. The third-order valence-electron chi connectivity index (χ3n) is 4.74. The maximum Gasteiger partial charge on any atom is 0.321 e. The third-order valence-corrected chi connectivity index (χ3v) is 5.57. The molecule has 1 saturated heterocycles. The second-order valence-electron chi connectivity index (χ2n) is 6.69. The van der Waals surface area contributed by atoms with Crippen molar-refractivity contribution in [3.63, 3.8) is 0 Å². The summed E-state index contributed by atoms with van der Waals surface area (Å²) in [6.45, 7) is 3.77. The van der Waals surface area contributed by atoms with E-state index in [1.807, 2.05) is 40.6 Å². The second kappa shape index (κ2) is 8.50. The molecular weight excluding hydrogens is 375 g/mol. The fourth-order valence-corrected chi connectivity index (χ4v) is 4.01. The highest BCUT2D eigenvalue weighted by Gasteiger charge is 2.22. The number of carbonyl (C=O) groups is 1. The average molecular weight is 396 g/mol. The Bertz CT molecular complexity index is 921. The van der Waals surface area contributed by atoms with Gasteiger partial charge in [0.1, 0.15) is 10.8 Å². The lowest BCUT2D eigenvalue weighted by Crippen LogP contribution is -2.49. The van der Waals surface area contributed by atoms with Crippen molar-refractivity contribution in [1.82, 2.24) is 14.8 Å². The van der Waals surface area contributed by atoms with Gasteiger partial charge in [0.25, 0.3) is 0 Å². The van der Waals surface area contributed by atoms with Gasteiger partial charge in [-0.2, -0.15) is 0 Å². The zero-order chi connectivity index (χ0) is 19.3. The highest BCUT2D eigenvalue weighted by molar-refractivity contribution is 7.09. The van der Waals surface area contributed by atoms with Crippen LogP contribution in [0.15, 0.2) is 60.0 Å². The van der Waals surface area contributed by atoms with Gasteiger partial charge in [-0.15, -0.1) is 11.3 Å². The Labute approximate surface area is 167 Å². The number of anilines is 1. The first-order valence-electron chi connectivity index (χ1n) is 9.21. The molecule has 28 heavy (non-hydrogen) atoms. The minimum Gasteiger partial charge on any atom is -0.322 e. The van der Waals surface area contributed by atoms with Crippen LogP contribution in [-0.2, 0) is 6.54 Å². The molecule has 0 spiro atoms. The number of hydrogen-bond acceptors (Lipinski definition) is 4. The van der Waals surface area contributed by atoms with Crippen LogP contribution in [0.4, 0.5) is 14.9 Å². The molecule has 2 heterocycles. The first-order valence-corrected chi connectivity index (χ1v) is 10.1. The number of aromatic nitrogens is 1. The van der Waals surface area contributed by atoms with Gasteiger partial charge in [0.15, 0.2) is 0 Å². The highest BCUT2D eigenvalue weighted by atomic mass is 32.1. The van der Waals surface area contributed by atoms with Crippen LogP contribution in [0.25, 0.3) is 11.3 Å². The van der Waals surface area contributed by atoms with Crippen LogP contribution in [0.1, 0.15) is 5.01 Å². The third kappa shape index (κ3) is 4.55. The van der Waals surface area contributed by atoms with Crippen molar-refractivity contribution in [3.05, 3.63) is 70.8 Å². The largest absolute Gasteiger partial charge is 0.322 e. The van der Waals surface area contributed by atoms with E-state index in [1.54, 1.807) is 23.5 Å². The molecule has 4 rings (SSSR count). The number of halogens is 1. The molecule has 3 aromatic rings. The zero-order valence-corrected chi connectivity index (χ0v) is 16.2. The van der Waals surface area contributed by atoms with Crippen molar-refractivity contribution in [2.75, 3.05) is 31.5 Å². The molecule has 1 fully saturated rings. The number of benzene rings is 2. The first-order chi connectivity index (χ1) is 13.7. The van der Waals surface area contributed by atoms with E-state index in [-0.39, 0.29) is 11.8 Å². The van der Waals surface area contributed by atoms with Gasteiger partial charge in [0, 0.05) is 42.8 Å². The molecule has 1 aromatic heterocycles. The molecule has 2 amide bonds. The smallest absolute Gasteiger partial charge is 0.321 e. The van der Waals surface area contributed by atoms with Crippen LogP contribution in [-0.4, -0.2) is 47.0 Å². The lowest BCUT2D eigenvalue weighted by molar-refractivity contribution is 0.143. The predicted molar refractivity (Wildman–Crippen MR) is 110 cm³/mol. The SMILES string of the molecule is O=C(Nc1ccccc1)N1CCN(Cc2nc(-c3ccc(F)cc3)cs2)CC1. The minimum absolute atomic E-state index is 0.0568. The van der Waals surface area contributed by atoms with Gasteiger partial charge >= 0.3 is 6.03 Å². The number of para-hydroxylation sites is 1. The monoisotopic (exact) mass is 396 g/mol. The first kappa shape index (κ1) is 18.6. The second-order valence-corrected chi connectivity index (χ2v) is 7.64. The molecule has 7 heteroatoms. The molecule has 1 aliphatic rings. The Kier molecular flexibility index (Phi) is 5.64. The summed E-state index contributed by atoms with van der Waals surface area (Å²) in [5.41, 5.74) is 2.61. The van der Waals surface area contributed by atoms with Crippen LogP contribution in [0.2, 0.25) is 0 Å². The fourth-order valence-electron chi connectivity index (χ4n) is 3.16. The van der Waals surface area contributed by atoms with Crippen LogP contribution in [0, 0.1) is 5.82 Å². The quantitative estimate of drug-likeness (QED) is 0.715. The Morgan fingerprint density at radius 1 is 1.04 bits per heavy atom. The Morgan fingerprint density at radius 2 is 1.75 bits per heavy atom. The van der Waals surface area contributed by atoms with Gasteiger partial charge in [0.05, 0.1) is 12.2 Å². The zero-order valence-electron chi connectivity index (χ0n) is 15.3. The molecule has 0 atom stereocenters. The summed E-state index contributed by atoms with van der Waals surface area (Å²) in [6.07, 6.45) is 0. The summed E-state index contributed by atoms with van der Waals surface area (Å²) >= 11 is 1.61. The highest BCUT2D eigenvalue weighted by Crippen LogP contribution is 2.23.